The smallest absolute Gasteiger partial charge is 0.316 e. The van der Waals surface area contributed by atoms with Gasteiger partial charge in [-0.25, -0.2) is 18.7 Å². The highest BCUT2D eigenvalue weighted by Crippen LogP contribution is 2.27. The molecular weight excluding hydrogens is 378 g/mol. The van der Waals surface area contributed by atoms with Crippen molar-refractivity contribution in [2.24, 2.45) is 0 Å². The fraction of sp³-hybridized carbons (Fsp3) is 0.571. The molecule has 2 fully saturated rings. The Labute approximate surface area is 170 Å². The molecule has 1 saturated carbocycles. The molecule has 0 unspecified atom stereocenters. The highest BCUT2D eigenvalue weighted by atomic mass is 19.3. The van der Waals surface area contributed by atoms with Gasteiger partial charge in [0.05, 0.1) is 6.54 Å². The molecule has 0 spiro atoms. The van der Waals surface area contributed by atoms with Gasteiger partial charge in [0, 0.05) is 37.1 Å². The Hall–Kier alpha value is -2.35. The van der Waals surface area contributed by atoms with Crippen LogP contribution in [0.4, 0.5) is 8.78 Å². The average Bonchev–Trinajstić information content (AvgIpc) is 3.26. The lowest BCUT2D eigenvalue weighted by Gasteiger charge is -2.35. The Morgan fingerprint density at radius 1 is 1.21 bits per heavy atom. The van der Waals surface area contributed by atoms with Crippen molar-refractivity contribution >= 4 is 11.9 Å². The van der Waals surface area contributed by atoms with Crippen molar-refractivity contribution in [3.63, 3.8) is 0 Å². The lowest BCUT2D eigenvalue weighted by atomic mass is 10.0. The minimum absolute atomic E-state index is 0.113. The Kier molecular flexibility index (Phi) is 8.10. The lowest BCUT2D eigenvalue weighted by Crippen LogP contribution is -2.43. The predicted octanol–water partition coefficient (Wildman–Crippen LogP) is 3.21. The van der Waals surface area contributed by atoms with E-state index in [0.717, 1.165) is 32.0 Å². The molecule has 158 valence electrons. The zero-order valence-corrected chi connectivity index (χ0v) is 16.5. The van der Waals surface area contributed by atoms with E-state index in [2.05, 4.69) is 20.2 Å². The average molecular weight is 406 g/mol. The molecule has 0 atom stereocenters. The molecule has 1 aliphatic carbocycles. The molecule has 1 N–H and O–H groups in total. The number of allylic oxidation sites excluding steroid dienone is 3. The largest absolute Gasteiger partial charge is 0.460 e. The van der Waals surface area contributed by atoms with Gasteiger partial charge in [-0.2, -0.15) is 0 Å². The summed E-state index contributed by atoms with van der Waals surface area (Å²) in [6.45, 7) is 1.65. The van der Waals surface area contributed by atoms with E-state index in [1.54, 1.807) is 12.4 Å². The van der Waals surface area contributed by atoms with Crippen molar-refractivity contribution in [3.05, 3.63) is 36.3 Å². The van der Waals surface area contributed by atoms with Crippen molar-refractivity contribution in [3.8, 4) is 6.01 Å². The van der Waals surface area contributed by atoms with Gasteiger partial charge < -0.3 is 15.0 Å². The standard InChI is InChI=1S/C21H28F2N4O2/c22-20(23)15-24-9-5-16(8-12-28)17-13-25-21(26-14-17)29-19-6-10-27(11-7-19)18-3-1-2-4-18/h5,8-9,12-14,18-20,24H,1-4,6-7,10-11,15H2/b9-5-,16-8+. The zero-order chi connectivity index (χ0) is 20.5. The zero-order valence-electron chi connectivity index (χ0n) is 16.5. The van der Waals surface area contributed by atoms with Crippen LogP contribution in [0.1, 0.15) is 44.1 Å². The summed E-state index contributed by atoms with van der Waals surface area (Å²) >= 11 is 0. The summed E-state index contributed by atoms with van der Waals surface area (Å²) in [4.78, 5) is 21.9. The van der Waals surface area contributed by atoms with E-state index < -0.39 is 13.0 Å². The molecule has 29 heavy (non-hydrogen) atoms. The van der Waals surface area contributed by atoms with E-state index in [4.69, 9.17) is 4.74 Å². The monoisotopic (exact) mass is 406 g/mol. The van der Waals surface area contributed by atoms with Gasteiger partial charge in [0.1, 0.15) is 12.4 Å². The second kappa shape index (κ2) is 11.0. The number of nitrogens with one attached hydrogen (secondary N) is 1. The minimum atomic E-state index is -2.44. The maximum Gasteiger partial charge on any atom is 0.316 e. The van der Waals surface area contributed by atoms with Gasteiger partial charge >= 0.3 is 6.01 Å². The number of halogens is 2. The van der Waals surface area contributed by atoms with Crippen molar-refractivity contribution in [2.75, 3.05) is 19.6 Å². The second-order valence-corrected chi connectivity index (χ2v) is 7.44. The van der Waals surface area contributed by atoms with E-state index in [-0.39, 0.29) is 6.10 Å². The normalized spacial score (nSPS) is 19.9. The van der Waals surface area contributed by atoms with Gasteiger partial charge in [0.15, 0.2) is 0 Å². The van der Waals surface area contributed by atoms with E-state index in [9.17, 15) is 13.6 Å². The van der Waals surface area contributed by atoms with Crippen molar-refractivity contribution in [1.82, 2.24) is 20.2 Å². The van der Waals surface area contributed by atoms with Crippen LogP contribution in [0.2, 0.25) is 0 Å². The topological polar surface area (TPSA) is 67.3 Å². The molecule has 0 radical (unpaired) electrons. The van der Waals surface area contributed by atoms with Crippen LogP contribution >= 0.6 is 0 Å². The summed E-state index contributed by atoms with van der Waals surface area (Å²) in [5.74, 6) is 0. The number of carbonyl (C=O) groups is 1. The van der Waals surface area contributed by atoms with E-state index in [1.165, 1.54) is 44.0 Å². The van der Waals surface area contributed by atoms with Gasteiger partial charge in [0.2, 0.25) is 0 Å². The van der Waals surface area contributed by atoms with Gasteiger partial charge in [-0.3, -0.25) is 4.79 Å². The van der Waals surface area contributed by atoms with Crippen molar-refractivity contribution < 1.29 is 18.3 Å². The Morgan fingerprint density at radius 2 is 1.90 bits per heavy atom. The second-order valence-electron chi connectivity index (χ2n) is 7.44. The van der Waals surface area contributed by atoms with Crippen LogP contribution < -0.4 is 10.1 Å². The molecule has 0 bridgehead atoms. The van der Waals surface area contributed by atoms with Crippen LogP contribution in [0, 0.1) is 0 Å². The number of rotatable bonds is 9. The molecule has 2 heterocycles. The fourth-order valence-electron chi connectivity index (χ4n) is 3.93. The summed E-state index contributed by atoms with van der Waals surface area (Å²) < 4.78 is 30.3. The third-order valence-electron chi connectivity index (χ3n) is 5.45. The van der Waals surface area contributed by atoms with E-state index in [0.29, 0.717) is 23.4 Å². The first-order valence-electron chi connectivity index (χ1n) is 10.2. The third-order valence-corrected chi connectivity index (χ3v) is 5.45. The summed E-state index contributed by atoms with van der Waals surface area (Å²) in [7, 11) is 0. The first-order chi connectivity index (χ1) is 14.2. The molecule has 1 aromatic rings. The summed E-state index contributed by atoms with van der Waals surface area (Å²) in [5.41, 5.74) is 1.13. The predicted molar refractivity (Wildman–Crippen MR) is 107 cm³/mol. The van der Waals surface area contributed by atoms with Crippen LogP contribution in [0.3, 0.4) is 0 Å². The molecule has 0 aromatic carbocycles. The van der Waals surface area contributed by atoms with Gasteiger partial charge in [-0.15, -0.1) is 0 Å². The lowest BCUT2D eigenvalue weighted by molar-refractivity contribution is -0.104. The number of ether oxygens (including phenoxy) is 1. The number of aromatic nitrogens is 2. The summed E-state index contributed by atoms with van der Waals surface area (Å²) in [6, 6.07) is 1.07. The first-order valence-corrected chi connectivity index (χ1v) is 10.2. The maximum atomic E-state index is 12.2. The maximum absolute atomic E-state index is 12.2. The summed E-state index contributed by atoms with van der Waals surface area (Å²) in [5, 5.41) is 2.48. The van der Waals surface area contributed by atoms with Crippen LogP contribution in [0.5, 0.6) is 6.01 Å². The first kappa shape index (κ1) is 21.4. The minimum Gasteiger partial charge on any atom is -0.460 e. The fourth-order valence-corrected chi connectivity index (χ4v) is 3.93. The van der Waals surface area contributed by atoms with E-state index >= 15 is 0 Å². The number of hydrogen-bond donors (Lipinski definition) is 1. The Bertz CT molecular complexity index is 695. The molecule has 1 aliphatic heterocycles. The van der Waals surface area contributed by atoms with Crippen LogP contribution in [0.25, 0.3) is 5.57 Å². The van der Waals surface area contributed by atoms with Gasteiger partial charge in [-0.05, 0) is 49.6 Å². The molecule has 2 aliphatic rings. The van der Waals surface area contributed by atoms with Gasteiger partial charge in [-0.1, -0.05) is 12.8 Å². The number of carbonyl (C=O) groups excluding carboxylic acids is 1. The summed E-state index contributed by atoms with van der Waals surface area (Å²) in [6.07, 6.45) is 13.0. The van der Waals surface area contributed by atoms with Gasteiger partial charge in [0.25, 0.3) is 6.43 Å². The van der Waals surface area contributed by atoms with E-state index in [1.807, 2.05) is 0 Å². The Morgan fingerprint density at radius 3 is 2.52 bits per heavy atom. The Balaban J connectivity index is 1.51. The van der Waals surface area contributed by atoms with Crippen LogP contribution in [-0.2, 0) is 4.79 Å². The SMILES string of the molecule is O=C/C=C(\C=C/NCC(F)F)c1cnc(OC2CCN(C3CCCC3)CC2)nc1. The van der Waals surface area contributed by atoms with Crippen molar-refractivity contribution in [2.45, 2.75) is 57.1 Å². The molecule has 1 aromatic heterocycles. The number of likely N-dealkylation sites (tertiary alicyclic amines) is 1. The number of aldehydes is 1. The molecular formula is C21H28F2N4O2. The third kappa shape index (κ3) is 6.59. The molecule has 1 saturated heterocycles. The number of nitrogens with zero attached hydrogens (tertiary/aromatic N) is 3. The van der Waals surface area contributed by atoms with Crippen LogP contribution in [-0.4, -0.2) is 59.4 Å². The quantitative estimate of drug-likeness (QED) is 0.386. The molecule has 8 heteroatoms. The number of alkyl halides is 2. The van der Waals surface area contributed by atoms with Crippen LogP contribution in [0.15, 0.2) is 30.7 Å². The molecule has 6 nitrogen and oxygen atoms in total. The number of hydrogen-bond acceptors (Lipinski definition) is 6. The highest BCUT2D eigenvalue weighted by molar-refractivity contribution is 5.85. The number of piperidine rings is 1. The molecule has 0 amide bonds. The highest BCUT2D eigenvalue weighted by Gasteiger charge is 2.28. The molecule has 3 rings (SSSR count). The van der Waals surface area contributed by atoms with Crippen molar-refractivity contribution in [1.29, 1.82) is 0 Å².